The molecular weight excluding hydrogens is 218 g/mol. The monoisotopic (exact) mass is 241 g/mol. The van der Waals surface area contributed by atoms with Crippen molar-refractivity contribution < 1.29 is 14.7 Å². The lowest BCUT2D eigenvalue weighted by Crippen LogP contribution is -2.46. The van der Waals surface area contributed by atoms with Crippen molar-refractivity contribution in [3.05, 3.63) is 0 Å². The van der Waals surface area contributed by atoms with Gasteiger partial charge in [0.25, 0.3) is 0 Å². The predicted octanol–water partition coefficient (Wildman–Crippen LogP) is 1.71. The Kier molecular flexibility index (Phi) is 5.12. The van der Waals surface area contributed by atoms with E-state index in [-0.39, 0.29) is 23.8 Å². The summed E-state index contributed by atoms with van der Waals surface area (Å²) in [7, 11) is 0. The first-order valence-corrected chi connectivity index (χ1v) is 6.40. The Labute approximate surface area is 103 Å². The van der Waals surface area contributed by atoms with Crippen LogP contribution in [-0.4, -0.2) is 35.0 Å². The molecule has 0 aromatic rings. The molecule has 4 heteroatoms. The summed E-state index contributed by atoms with van der Waals surface area (Å²) in [5, 5.41) is 8.64. The SMILES string of the molecule is CC1(C)CC(=O)N(CCCCCCO)C(=O)C1. The zero-order valence-electron chi connectivity index (χ0n) is 10.9. The first-order valence-electron chi connectivity index (χ1n) is 6.40. The highest BCUT2D eigenvalue weighted by atomic mass is 16.3. The summed E-state index contributed by atoms with van der Waals surface area (Å²) in [5.41, 5.74) is -0.179. The minimum atomic E-state index is -0.179. The molecule has 1 N–H and O–H groups in total. The zero-order chi connectivity index (χ0) is 12.9. The predicted molar refractivity (Wildman–Crippen MR) is 65.3 cm³/mol. The lowest BCUT2D eigenvalue weighted by atomic mass is 9.81. The largest absolute Gasteiger partial charge is 0.396 e. The van der Waals surface area contributed by atoms with Gasteiger partial charge in [0.15, 0.2) is 0 Å². The maximum Gasteiger partial charge on any atom is 0.229 e. The van der Waals surface area contributed by atoms with Crippen molar-refractivity contribution in [2.75, 3.05) is 13.2 Å². The molecule has 0 unspecified atom stereocenters. The van der Waals surface area contributed by atoms with Gasteiger partial charge in [-0.15, -0.1) is 0 Å². The number of unbranched alkanes of at least 4 members (excludes halogenated alkanes) is 3. The number of rotatable bonds is 6. The average molecular weight is 241 g/mol. The molecule has 0 aliphatic carbocycles. The molecule has 1 rings (SSSR count). The highest BCUT2D eigenvalue weighted by Gasteiger charge is 2.36. The molecule has 1 aliphatic rings. The van der Waals surface area contributed by atoms with Crippen LogP contribution in [0.1, 0.15) is 52.4 Å². The number of aliphatic hydroxyl groups excluding tert-OH is 1. The molecule has 4 nitrogen and oxygen atoms in total. The van der Waals surface area contributed by atoms with Crippen molar-refractivity contribution >= 4 is 11.8 Å². The molecule has 1 saturated heterocycles. The normalized spacial score (nSPS) is 19.8. The number of nitrogens with zero attached hydrogens (tertiary/aromatic N) is 1. The number of likely N-dealkylation sites (tertiary alicyclic amines) is 1. The fourth-order valence-corrected chi connectivity index (χ4v) is 2.20. The number of aliphatic hydroxyl groups is 1. The Balaban J connectivity index is 2.33. The Morgan fingerprint density at radius 2 is 1.59 bits per heavy atom. The molecule has 2 amide bonds. The third-order valence-corrected chi connectivity index (χ3v) is 3.15. The molecule has 0 radical (unpaired) electrons. The fraction of sp³-hybridized carbons (Fsp3) is 0.846. The van der Waals surface area contributed by atoms with Crippen molar-refractivity contribution in [3.63, 3.8) is 0 Å². The van der Waals surface area contributed by atoms with Crippen LogP contribution in [0.4, 0.5) is 0 Å². The van der Waals surface area contributed by atoms with Crippen molar-refractivity contribution in [2.45, 2.75) is 52.4 Å². The van der Waals surface area contributed by atoms with E-state index < -0.39 is 0 Å². The van der Waals surface area contributed by atoms with E-state index in [1.165, 1.54) is 4.90 Å². The van der Waals surface area contributed by atoms with E-state index in [0.29, 0.717) is 19.4 Å². The lowest BCUT2D eigenvalue weighted by Gasteiger charge is -2.34. The van der Waals surface area contributed by atoms with Crippen LogP contribution < -0.4 is 0 Å². The minimum Gasteiger partial charge on any atom is -0.396 e. The second kappa shape index (κ2) is 6.15. The summed E-state index contributed by atoms with van der Waals surface area (Å²) in [6.07, 6.45) is 4.50. The minimum absolute atomic E-state index is 0.0339. The molecule has 0 atom stereocenters. The standard InChI is InChI=1S/C13H23NO3/c1-13(2)9-11(16)14(12(17)10-13)7-5-3-4-6-8-15/h15H,3-10H2,1-2H3. The molecule has 17 heavy (non-hydrogen) atoms. The van der Waals surface area contributed by atoms with Crippen LogP contribution in [0.3, 0.4) is 0 Å². The number of amides is 2. The van der Waals surface area contributed by atoms with E-state index in [1.54, 1.807) is 0 Å². The molecule has 1 heterocycles. The molecular formula is C13H23NO3. The van der Waals surface area contributed by atoms with Crippen LogP contribution in [0, 0.1) is 5.41 Å². The van der Waals surface area contributed by atoms with Gasteiger partial charge < -0.3 is 5.11 Å². The molecule has 0 aromatic carbocycles. The van der Waals surface area contributed by atoms with Gasteiger partial charge >= 0.3 is 0 Å². The zero-order valence-corrected chi connectivity index (χ0v) is 10.9. The van der Waals surface area contributed by atoms with Gasteiger partial charge in [0.2, 0.25) is 11.8 Å². The number of carbonyl (C=O) groups is 2. The van der Waals surface area contributed by atoms with E-state index in [1.807, 2.05) is 13.8 Å². The Morgan fingerprint density at radius 1 is 1.06 bits per heavy atom. The van der Waals surface area contributed by atoms with Crippen molar-refractivity contribution in [3.8, 4) is 0 Å². The number of piperidine rings is 1. The Hall–Kier alpha value is -0.900. The van der Waals surface area contributed by atoms with Crippen LogP contribution in [0.25, 0.3) is 0 Å². The fourth-order valence-electron chi connectivity index (χ4n) is 2.20. The maximum atomic E-state index is 11.8. The van der Waals surface area contributed by atoms with Crippen molar-refractivity contribution in [2.24, 2.45) is 5.41 Å². The summed E-state index contributed by atoms with van der Waals surface area (Å²) in [6.45, 7) is 4.68. The van der Waals surface area contributed by atoms with Crippen LogP contribution in [0.2, 0.25) is 0 Å². The molecule has 0 spiro atoms. The highest BCUT2D eigenvalue weighted by molar-refractivity contribution is 5.98. The van der Waals surface area contributed by atoms with Gasteiger partial charge in [-0.25, -0.2) is 0 Å². The van der Waals surface area contributed by atoms with Crippen LogP contribution in [0.5, 0.6) is 0 Å². The maximum absolute atomic E-state index is 11.8. The van der Waals surface area contributed by atoms with Crippen molar-refractivity contribution in [1.82, 2.24) is 4.90 Å². The van der Waals surface area contributed by atoms with E-state index in [2.05, 4.69) is 0 Å². The van der Waals surface area contributed by atoms with Gasteiger partial charge in [0.1, 0.15) is 0 Å². The molecule has 98 valence electrons. The van der Waals surface area contributed by atoms with Gasteiger partial charge in [-0.05, 0) is 18.3 Å². The Bertz CT molecular complexity index is 266. The molecule has 0 bridgehead atoms. The number of imide groups is 1. The van der Waals surface area contributed by atoms with Gasteiger partial charge in [0, 0.05) is 26.0 Å². The van der Waals surface area contributed by atoms with Gasteiger partial charge in [-0.2, -0.15) is 0 Å². The molecule has 0 saturated carbocycles. The third-order valence-electron chi connectivity index (χ3n) is 3.15. The van der Waals surface area contributed by atoms with E-state index in [0.717, 1.165) is 25.7 Å². The number of hydrogen-bond donors (Lipinski definition) is 1. The second-order valence-corrected chi connectivity index (χ2v) is 5.59. The van der Waals surface area contributed by atoms with E-state index in [9.17, 15) is 9.59 Å². The van der Waals surface area contributed by atoms with Crippen LogP contribution in [0.15, 0.2) is 0 Å². The smallest absolute Gasteiger partial charge is 0.229 e. The summed E-state index contributed by atoms with van der Waals surface area (Å²) in [6, 6.07) is 0. The lowest BCUT2D eigenvalue weighted by molar-refractivity contribution is -0.152. The second-order valence-electron chi connectivity index (χ2n) is 5.59. The van der Waals surface area contributed by atoms with Gasteiger partial charge in [-0.3, -0.25) is 14.5 Å². The van der Waals surface area contributed by atoms with E-state index in [4.69, 9.17) is 5.11 Å². The number of carbonyl (C=O) groups excluding carboxylic acids is 2. The summed E-state index contributed by atoms with van der Waals surface area (Å²) in [4.78, 5) is 25.0. The van der Waals surface area contributed by atoms with Gasteiger partial charge in [0.05, 0.1) is 0 Å². The van der Waals surface area contributed by atoms with E-state index >= 15 is 0 Å². The summed E-state index contributed by atoms with van der Waals surface area (Å²) in [5.74, 6) is -0.0678. The number of hydrogen-bond acceptors (Lipinski definition) is 3. The first-order chi connectivity index (χ1) is 7.96. The topological polar surface area (TPSA) is 57.6 Å². The third kappa shape index (κ3) is 4.46. The molecule has 0 aromatic heterocycles. The quantitative estimate of drug-likeness (QED) is 0.569. The van der Waals surface area contributed by atoms with Crippen molar-refractivity contribution in [1.29, 1.82) is 0 Å². The Morgan fingerprint density at radius 3 is 2.12 bits per heavy atom. The van der Waals surface area contributed by atoms with Gasteiger partial charge in [-0.1, -0.05) is 26.7 Å². The van der Waals surface area contributed by atoms with Crippen LogP contribution >= 0.6 is 0 Å². The average Bonchev–Trinajstić information content (AvgIpc) is 2.19. The highest BCUT2D eigenvalue weighted by Crippen LogP contribution is 2.31. The first kappa shape index (κ1) is 14.2. The molecule has 1 fully saturated rings. The summed E-state index contributed by atoms with van der Waals surface area (Å²) >= 11 is 0. The molecule has 1 aliphatic heterocycles. The summed E-state index contributed by atoms with van der Waals surface area (Å²) < 4.78 is 0. The van der Waals surface area contributed by atoms with Crippen LogP contribution in [-0.2, 0) is 9.59 Å².